The maximum Gasteiger partial charge on any atom is 0.258 e. The number of ether oxygens (including phenoxy) is 1. The maximum absolute atomic E-state index is 12.2. The molecule has 1 aliphatic heterocycles. The second kappa shape index (κ2) is 13.7. The molecule has 9 nitrogen and oxygen atoms in total. The summed E-state index contributed by atoms with van der Waals surface area (Å²) in [5.41, 5.74) is 3.07. The molecule has 2 aromatic rings. The van der Waals surface area contributed by atoms with Crippen LogP contribution in [0.25, 0.3) is 0 Å². The highest BCUT2D eigenvalue weighted by molar-refractivity contribution is 5.94. The third kappa shape index (κ3) is 8.42. The molecule has 0 saturated heterocycles. The molecule has 0 saturated carbocycles. The lowest BCUT2D eigenvalue weighted by Gasteiger charge is -2.30. The SMILES string of the molecule is O=C(COc1cccc(C(=O)NCCNCCO)c1)NCC(O)CN1CCc2ccccc2C1. The van der Waals surface area contributed by atoms with Crippen LogP contribution in [-0.2, 0) is 17.8 Å². The smallest absolute Gasteiger partial charge is 0.258 e. The van der Waals surface area contributed by atoms with E-state index in [1.807, 2.05) is 12.1 Å². The van der Waals surface area contributed by atoms with Crippen molar-refractivity contribution in [1.82, 2.24) is 20.9 Å². The monoisotopic (exact) mass is 470 g/mol. The van der Waals surface area contributed by atoms with Gasteiger partial charge in [0.25, 0.3) is 11.8 Å². The van der Waals surface area contributed by atoms with Crippen molar-refractivity contribution in [3.63, 3.8) is 0 Å². The fourth-order valence-corrected chi connectivity index (χ4v) is 3.80. The van der Waals surface area contributed by atoms with Crippen LogP contribution in [0.3, 0.4) is 0 Å². The van der Waals surface area contributed by atoms with Gasteiger partial charge in [0.15, 0.2) is 6.61 Å². The van der Waals surface area contributed by atoms with E-state index in [1.165, 1.54) is 11.1 Å². The Bertz CT molecular complexity index is 939. The van der Waals surface area contributed by atoms with Gasteiger partial charge in [-0.25, -0.2) is 0 Å². The van der Waals surface area contributed by atoms with Gasteiger partial charge in [-0.1, -0.05) is 30.3 Å². The Balaban J connectivity index is 1.34. The largest absolute Gasteiger partial charge is 0.484 e. The van der Waals surface area contributed by atoms with E-state index in [0.717, 1.165) is 19.5 Å². The van der Waals surface area contributed by atoms with Crippen molar-refractivity contribution in [2.24, 2.45) is 0 Å². The summed E-state index contributed by atoms with van der Waals surface area (Å²) < 4.78 is 5.51. The molecule has 1 aliphatic rings. The molecule has 5 N–H and O–H groups in total. The molecular formula is C25H34N4O5. The second-order valence-electron chi connectivity index (χ2n) is 8.26. The Hall–Kier alpha value is -2.98. The molecule has 2 aromatic carbocycles. The normalized spacial score (nSPS) is 14.2. The zero-order chi connectivity index (χ0) is 24.2. The molecule has 0 aliphatic carbocycles. The Morgan fingerprint density at radius 1 is 1.03 bits per heavy atom. The maximum atomic E-state index is 12.2. The van der Waals surface area contributed by atoms with Crippen molar-refractivity contribution in [3.05, 3.63) is 65.2 Å². The van der Waals surface area contributed by atoms with Crippen LogP contribution in [0.15, 0.2) is 48.5 Å². The Kier molecular flexibility index (Phi) is 10.3. The van der Waals surface area contributed by atoms with E-state index in [-0.39, 0.29) is 31.6 Å². The average Bonchev–Trinajstić information content (AvgIpc) is 2.86. The molecule has 0 aromatic heterocycles. The lowest BCUT2D eigenvalue weighted by Crippen LogP contribution is -2.42. The van der Waals surface area contributed by atoms with E-state index in [1.54, 1.807) is 24.3 Å². The molecule has 1 unspecified atom stereocenters. The average molecular weight is 471 g/mol. The fraction of sp³-hybridized carbons (Fsp3) is 0.440. The summed E-state index contributed by atoms with van der Waals surface area (Å²) in [5.74, 6) is -0.175. The van der Waals surface area contributed by atoms with E-state index < -0.39 is 6.10 Å². The summed E-state index contributed by atoms with van der Waals surface area (Å²) in [7, 11) is 0. The molecule has 0 spiro atoms. The number of benzene rings is 2. The second-order valence-corrected chi connectivity index (χ2v) is 8.26. The van der Waals surface area contributed by atoms with Gasteiger partial charge in [-0.05, 0) is 35.7 Å². The van der Waals surface area contributed by atoms with Crippen molar-refractivity contribution in [1.29, 1.82) is 0 Å². The van der Waals surface area contributed by atoms with Gasteiger partial charge in [0.2, 0.25) is 0 Å². The van der Waals surface area contributed by atoms with Gasteiger partial charge in [-0.15, -0.1) is 0 Å². The van der Waals surface area contributed by atoms with Crippen LogP contribution in [-0.4, -0.2) is 85.5 Å². The van der Waals surface area contributed by atoms with Crippen LogP contribution in [0, 0.1) is 0 Å². The van der Waals surface area contributed by atoms with E-state index in [2.05, 4.69) is 33.0 Å². The third-order valence-corrected chi connectivity index (χ3v) is 5.56. The number of β-amino-alcohol motifs (C(OH)–C–C–N with tert-alkyl or cyclic N) is 1. The van der Waals surface area contributed by atoms with Crippen molar-refractivity contribution >= 4 is 11.8 Å². The van der Waals surface area contributed by atoms with Gasteiger partial charge in [0.05, 0.1) is 12.7 Å². The minimum absolute atomic E-state index is 0.0489. The van der Waals surface area contributed by atoms with Gasteiger partial charge in [0, 0.05) is 51.4 Å². The van der Waals surface area contributed by atoms with Crippen molar-refractivity contribution in [3.8, 4) is 5.75 Å². The van der Waals surface area contributed by atoms with Crippen molar-refractivity contribution in [2.45, 2.75) is 19.1 Å². The van der Waals surface area contributed by atoms with Crippen LogP contribution in [0.5, 0.6) is 5.75 Å². The van der Waals surface area contributed by atoms with Crippen LogP contribution in [0.2, 0.25) is 0 Å². The first-order valence-corrected chi connectivity index (χ1v) is 11.6. The topological polar surface area (TPSA) is 123 Å². The lowest BCUT2D eigenvalue weighted by molar-refractivity contribution is -0.123. The molecule has 1 heterocycles. The first-order valence-electron chi connectivity index (χ1n) is 11.6. The minimum atomic E-state index is -0.673. The van der Waals surface area contributed by atoms with Crippen LogP contribution in [0.1, 0.15) is 21.5 Å². The van der Waals surface area contributed by atoms with E-state index in [9.17, 15) is 14.7 Å². The first-order chi connectivity index (χ1) is 16.5. The summed E-state index contributed by atoms with van der Waals surface area (Å²) in [4.78, 5) is 26.6. The number of aliphatic hydroxyl groups is 2. The van der Waals surface area contributed by atoms with Crippen LogP contribution in [0.4, 0.5) is 0 Å². The summed E-state index contributed by atoms with van der Waals surface area (Å²) in [5, 5.41) is 27.5. The molecule has 184 valence electrons. The standard InChI is InChI=1S/C25H34N4O5/c30-13-11-26-9-10-27-25(33)20-6-3-7-23(14-20)34-18-24(32)28-15-22(31)17-29-12-8-19-4-1-2-5-21(19)16-29/h1-7,14,22,26,30-31H,8-13,15-18H2,(H,27,33)(H,28,32). The third-order valence-electron chi connectivity index (χ3n) is 5.56. The van der Waals surface area contributed by atoms with Crippen molar-refractivity contribution in [2.75, 3.05) is 52.5 Å². The van der Waals surface area contributed by atoms with E-state index in [4.69, 9.17) is 9.84 Å². The van der Waals surface area contributed by atoms with Gasteiger partial charge >= 0.3 is 0 Å². The number of hydrogen-bond donors (Lipinski definition) is 5. The fourth-order valence-electron chi connectivity index (χ4n) is 3.80. The number of aliphatic hydroxyl groups excluding tert-OH is 2. The number of amides is 2. The van der Waals surface area contributed by atoms with Gasteiger partial charge in [0.1, 0.15) is 5.75 Å². The van der Waals surface area contributed by atoms with E-state index in [0.29, 0.717) is 37.5 Å². The molecule has 3 rings (SSSR count). The molecule has 1 atom stereocenters. The van der Waals surface area contributed by atoms with Gasteiger partial charge in [-0.2, -0.15) is 0 Å². The summed E-state index contributed by atoms with van der Waals surface area (Å²) in [6, 6.07) is 14.9. The summed E-state index contributed by atoms with van der Waals surface area (Å²) >= 11 is 0. The molecular weight excluding hydrogens is 436 g/mol. The Morgan fingerprint density at radius 2 is 1.85 bits per heavy atom. The highest BCUT2D eigenvalue weighted by Gasteiger charge is 2.18. The molecule has 9 heteroatoms. The highest BCUT2D eigenvalue weighted by Crippen LogP contribution is 2.18. The molecule has 0 radical (unpaired) electrons. The summed E-state index contributed by atoms with van der Waals surface area (Å²) in [6.45, 7) is 3.62. The van der Waals surface area contributed by atoms with Crippen LogP contribution >= 0.6 is 0 Å². The van der Waals surface area contributed by atoms with Crippen molar-refractivity contribution < 1.29 is 24.5 Å². The molecule has 0 bridgehead atoms. The zero-order valence-electron chi connectivity index (χ0n) is 19.3. The predicted molar refractivity (Wildman–Crippen MR) is 129 cm³/mol. The van der Waals surface area contributed by atoms with Gasteiger partial charge in [-0.3, -0.25) is 14.5 Å². The predicted octanol–water partition coefficient (Wildman–Crippen LogP) is -0.0875. The molecule has 0 fully saturated rings. The number of carbonyl (C=O) groups is 2. The lowest BCUT2D eigenvalue weighted by atomic mass is 10.00. The number of fused-ring (bicyclic) bond motifs is 1. The quantitative estimate of drug-likeness (QED) is 0.259. The Morgan fingerprint density at radius 3 is 2.68 bits per heavy atom. The van der Waals surface area contributed by atoms with Gasteiger partial charge < -0.3 is 30.9 Å². The molecule has 34 heavy (non-hydrogen) atoms. The van der Waals surface area contributed by atoms with Crippen LogP contribution < -0.4 is 20.7 Å². The zero-order valence-corrected chi connectivity index (χ0v) is 19.3. The van der Waals surface area contributed by atoms with E-state index >= 15 is 0 Å². The number of hydrogen-bond acceptors (Lipinski definition) is 7. The minimum Gasteiger partial charge on any atom is -0.484 e. The summed E-state index contributed by atoms with van der Waals surface area (Å²) in [6.07, 6.45) is 0.286. The highest BCUT2D eigenvalue weighted by atomic mass is 16.5. The number of carbonyl (C=O) groups excluding carboxylic acids is 2. The Labute approximate surface area is 200 Å². The number of nitrogens with one attached hydrogen (secondary N) is 3. The number of rotatable bonds is 13. The number of nitrogens with zero attached hydrogens (tertiary/aromatic N) is 1. The molecule has 2 amide bonds. The first kappa shape index (κ1) is 25.6.